The molecule has 0 rings (SSSR count). The van der Waals surface area contributed by atoms with E-state index < -0.39 is 32.5 Å². The van der Waals surface area contributed by atoms with Crippen molar-refractivity contribution < 1.29 is 37.6 Å². The van der Waals surface area contributed by atoms with Crippen LogP contribution in [0.15, 0.2) is 24.3 Å². The molecule has 9 nitrogen and oxygen atoms in total. The highest BCUT2D eigenvalue weighted by atomic mass is 31.2. The maximum absolute atomic E-state index is 12.6. The fourth-order valence-electron chi connectivity index (χ4n) is 6.43. The molecule has 0 aromatic rings. The molecular formula is C45H86NO8P. The second-order valence-corrected chi connectivity index (χ2v) is 16.7. The predicted octanol–water partition coefficient (Wildman–Crippen LogP) is 13.2. The highest BCUT2D eigenvalue weighted by Crippen LogP contribution is 2.43. The van der Waals surface area contributed by atoms with E-state index in [0.717, 1.165) is 57.8 Å². The lowest BCUT2D eigenvalue weighted by Crippen LogP contribution is -2.29. The minimum Gasteiger partial charge on any atom is -0.462 e. The summed E-state index contributed by atoms with van der Waals surface area (Å²) in [6.07, 6.45) is 44.9. The lowest BCUT2D eigenvalue weighted by molar-refractivity contribution is -0.161. The summed E-state index contributed by atoms with van der Waals surface area (Å²) in [6, 6.07) is 0. The van der Waals surface area contributed by atoms with Gasteiger partial charge in [0.25, 0.3) is 0 Å². The molecule has 0 saturated heterocycles. The summed E-state index contributed by atoms with van der Waals surface area (Å²) in [5.41, 5.74) is 5.35. The van der Waals surface area contributed by atoms with E-state index in [-0.39, 0.29) is 32.6 Å². The van der Waals surface area contributed by atoms with Gasteiger partial charge in [0.15, 0.2) is 6.10 Å². The van der Waals surface area contributed by atoms with E-state index in [4.69, 9.17) is 24.3 Å². The number of carbonyl (C=O) groups excluding carboxylic acids is 2. The molecule has 0 spiro atoms. The van der Waals surface area contributed by atoms with Gasteiger partial charge in [0, 0.05) is 19.4 Å². The zero-order valence-electron chi connectivity index (χ0n) is 35.7. The number of rotatable bonds is 43. The average molecular weight is 800 g/mol. The lowest BCUT2D eigenvalue weighted by Gasteiger charge is -2.19. The Hall–Kier alpha value is -1.51. The van der Waals surface area contributed by atoms with Gasteiger partial charge in [0.1, 0.15) is 6.61 Å². The van der Waals surface area contributed by atoms with Gasteiger partial charge in [-0.2, -0.15) is 0 Å². The van der Waals surface area contributed by atoms with Crippen molar-refractivity contribution in [3.63, 3.8) is 0 Å². The van der Waals surface area contributed by atoms with E-state index in [0.29, 0.717) is 6.42 Å². The van der Waals surface area contributed by atoms with Crippen LogP contribution in [-0.2, 0) is 32.7 Å². The molecule has 324 valence electrons. The first-order valence-electron chi connectivity index (χ1n) is 22.8. The van der Waals surface area contributed by atoms with Crippen LogP contribution in [0.1, 0.15) is 219 Å². The molecule has 3 N–H and O–H groups in total. The van der Waals surface area contributed by atoms with Crippen LogP contribution in [0.25, 0.3) is 0 Å². The van der Waals surface area contributed by atoms with Gasteiger partial charge in [0.05, 0.1) is 13.2 Å². The number of phosphoric ester groups is 1. The van der Waals surface area contributed by atoms with Crippen LogP contribution >= 0.6 is 7.82 Å². The predicted molar refractivity (Wildman–Crippen MR) is 229 cm³/mol. The molecule has 0 aromatic heterocycles. The standard InChI is InChI=1S/C45H86NO8P/c1-3-5-7-9-11-13-15-17-19-20-21-22-24-26-28-30-32-34-36-38-45(48)54-43(42-53-55(49,50)52-40-39-46)41-51-44(47)37-35-33-31-29-27-25-23-18-16-14-12-10-8-6-4-2/h12,14,18,23,43H,3-11,13,15-17,19-22,24-42,46H2,1-2H3,(H,49,50)/t43-/m1/s1. The molecule has 0 bridgehead atoms. The van der Waals surface area contributed by atoms with Crippen molar-refractivity contribution in [1.82, 2.24) is 0 Å². The molecule has 2 atom stereocenters. The van der Waals surface area contributed by atoms with Crippen molar-refractivity contribution in [3.8, 4) is 0 Å². The molecule has 10 heteroatoms. The van der Waals surface area contributed by atoms with Gasteiger partial charge < -0.3 is 20.1 Å². The second-order valence-electron chi connectivity index (χ2n) is 15.3. The highest BCUT2D eigenvalue weighted by Gasteiger charge is 2.26. The Labute approximate surface area is 338 Å². The van der Waals surface area contributed by atoms with Crippen LogP contribution in [0, 0.1) is 0 Å². The van der Waals surface area contributed by atoms with Crippen LogP contribution in [0.3, 0.4) is 0 Å². The molecule has 0 amide bonds. The van der Waals surface area contributed by atoms with Crippen molar-refractivity contribution in [2.24, 2.45) is 5.73 Å². The van der Waals surface area contributed by atoms with Crippen molar-refractivity contribution >= 4 is 19.8 Å². The van der Waals surface area contributed by atoms with Gasteiger partial charge in [0.2, 0.25) is 0 Å². The second kappa shape index (κ2) is 42.1. The van der Waals surface area contributed by atoms with E-state index in [9.17, 15) is 19.0 Å². The van der Waals surface area contributed by atoms with Gasteiger partial charge in [-0.05, 0) is 44.9 Å². The molecule has 0 aliphatic rings. The van der Waals surface area contributed by atoms with E-state index in [1.165, 1.54) is 128 Å². The fourth-order valence-corrected chi connectivity index (χ4v) is 7.20. The van der Waals surface area contributed by atoms with Gasteiger partial charge in [-0.15, -0.1) is 0 Å². The number of allylic oxidation sites excluding steroid dienone is 4. The number of esters is 2. The minimum absolute atomic E-state index is 0.0531. The monoisotopic (exact) mass is 800 g/mol. The highest BCUT2D eigenvalue weighted by molar-refractivity contribution is 7.47. The Balaban J connectivity index is 4.10. The van der Waals surface area contributed by atoms with E-state index in [1.807, 2.05) is 0 Å². The largest absolute Gasteiger partial charge is 0.472 e. The Kier molecular flexibility index (Phi) is 40.9. The molecule has 0 heterocycles. The summed E-state index contributed by atoms with van der Waals surface area (Å²) in [4.78, 5) is 34.9. The minimum atomic E-state index is -4.38. The summed E-state index contributed by atoms with van der Waals surface area (Å²) in [7, 11) is -4.38. The molecule has 0 saturated carbocycles. The molecule has 0 fully saturated rings. The number of nitrogens with two attached hydrogens (primary N) is 1. The summed E-state index contributed by atoms with van der Waals surface area (Å²) in [6.45, 7) is 3.72. The van der Waals surface area contributed by atoms with Crippen LogP contribution in [-0.4, -0.2) is 49.3 Å². The van der Waals surface area contributed by atoms with Crippen molar-refractivity contribution in [2.45, 2.75) is 225 Å². The summed E-state index contributed by atoms with van der Waals surface area (Å²) in [5, 5.41) is 0. The molecule has 0 aliphatic heterocycles. The molecule has 0 aromatic carbocycles. The van der Waals surface area contributed by atoms with E-state index in [2.05, 4.69) is 38.2 Å². The Morgan fingerprint density at radius 3 is 1.42 bits per heavy atom. The lowest BCUT2D eigenvalue weighted by atomic mass is 10.0. The maximum Gasteiger partial charge on any atom is 0.472 e. The van der Waals surface area contributed by atoms with Gasteiger partial charge >= 0.3 is 19.8 Å². The third-order valence-corrected chi connectivity index (χ3v) is 10.8. The van der Waals surface area contributed by atoms with Crippen molar-refractivity contribution in [2.75, 3.05) is 26.4 Å². The number of carbonyl (C=O) groups is 2. The first-order chi connectivity index (χ1) is 26.8. The Bertz CT molecular complexity index is 959. The third kappa shape index (κ3) is 41.9. The molecule has 1 unspecified atom stereocenters. The van der Waals surface area contributed by atoms with Gasteiger partial charge in [-0.3, -0.25) is 18.6 Å². The average Bonchev–Trinajstić information content (AvgIpc) is 3.17. The van der Waals surface area contributed by atoms with Crippen LogP contribution in [0.2, 0.25) is 0 Å². The number of hydrogen-bond acceptors (Lipinski definition) is 8. The third-order valence-electron chi connectivity index (χ3n) is 9.84. The van der Waals surface area contributed by atoms with Gasteiger partial charge in [-0.25, -0.2) is 4.57 Å². The smallest absolute Gasteiger partial charge is 0.462 e. The number of ether oxygens (including phenoxy) is 2. The molecule has 0 radical (unpaired) electrons. The van der Waals surface area contributed by atoms with Crippen molar-refractivity contribution in [1.29, 1.82) is 0 Å². The zero-order chi connectivity index (χ0) is 40.3. The SMILES string of the molecule is CCCCCC=CCC=CCCCCCCCC(=O)OC[C@H](COP(=O)(O)OCCN)OC(=O)CCCCCCCCCCCCCCCCCCCCC. The molecular weight excluding hydrogens is 713 g/mol. The van der Waals surface area contributed by atoms with E-state index in [1.54, 1.807) is 0 Å². The summed E-state index contributed by atoms with van der Waals surface area (Å²) < 4.78 is 32.8. The van der Waals surface area contributed by atoms with Crippen molar-refractivity contribution in [3.05, 3.63) is 24.3 Å². The van der Waals surface area contributed by atoms with Gasteiger partial charge in [-0.1, -0.05) is 186 Å². The quantitative estimate of drug-likeness (QED) is 0.0267. The Morgan fingerprint density at radius 2 is 0.945 bits per heavy atom. The van der Waals surface area contributed by atoms with Crippen LogP contribution in [0.5, 0.6) is 0 Å². The summed E-state index contributed by atoms with van der Waals surface area (Å²) >= 11 is 0. The normalized spacial score (nSPS) is 13.5. The first-order valence-corrected chi connectivity index (χ1v) is 24.3. The fraction of sp³-hybridized carbons (Fsp3) is 0.867. The Morgan fingerprint density at radius 1 is 0.545 bits per heavy atom. The molecule has 55 heavy (non-hydrogen) atoms. The topological polar surface area (TPSA) is 134 Å². The van der Waals surface area contributed by atoms with Crippen LogP contribution in [0.4, 0.5) is 0 Å². The number of phosphoric acid groups is 1. The van der Waals surface area contributed by atoms with Crippen LogP contribution < -0.4 is 5.73 Å². The number of unbranched alkanes of at least 4 members (excludes halogenated alkanes) is 26. The number of hydrogen-bond donors (Lipinski definition) is 2. The first kappa shape index (κ1) is 53.5. The maximum atomic E-state index is 12.6. The molecule has 0 aliphatic carbocycles. The van der Waals surface area contributed by atoms with E-state index >= 15 is 0 Å². The summed E-state index contributed by atoms with van der Waals surface area (Å²) in [5.74, 6) is -0.835. The zero-order valence-corrected chi connectivity index (χ0v) is 36.6.